The highest BCUT2D eigenvalue weighted by molar-refractivity contribution is 6.55. The molecular formula is C29H48Cl2O. The summed E-state index contributed by atoms with van der Waals surface area (Å²) in [5.41, 5.74) is -0.860. The molecule has 0 unspecified atom stereocenters. The average Bonchev–Trinajstić information content (AvgIpc) is 2.82. The standard InChI is InChI=1S/C29H48Cl2O/c1-3-5-6-7-9-23-14-18-27(19-15-23)26(32)28(29(27,30)31)20-16-25(17-21-28)24-12-10-22(8-4-2)11-13-24/h22-25H,3-21H2,1-2H3/t22?,23?,24?,25-,27-,28+. The first-order chi connectivity index (χ1) is 15.4. The molecule has 3 heteroatoms. The van der Waals surface area contributed by atoms with Crippen molar-refractivity contribution in [2.75, 3.05) is 0 Å². The summed E-state index contributed by atoms with van der Waals surface area (Å²) in [6, 6.07) is 0. The summed E-state index contributed by atoms with van der Waals surface area (Å²) in [5, 5.41) is 0. The summed E-state index contributed by atoms with van der Waals surface area (Å²) in [6.45, 7) is 4.59. The van der Waals surface area contributed by atoms with Crippen LogP contribution in [0.15, 0.2) is 0 Å². The predicted molar refractivity (Wildman–Crippen MR) is 137 cm³/mol. The van der Waals surface area contributed by atoms with Gasteiger partial charge >= 0.3 is 0 Å². The predicted octanol–water partition coefficient (Wildman–Crippen LogP) is 9.67. The van der Waals surface area contributed by atoms with Gasteiger partial charge in [0.15, 0.2) is 5.78 Å². The van der Waals surface area contributed by atoms with Crippen LogP contribution in [-0.4, -0.2) is 10.1 Å². The van der Waals surface area contributed by atoms with E-state index in [2.05, 4.69) is 13.8 Å². The molecule has 32 heavy (non-hydrogen) atoms. The second-order valence-electron chi connectivity index (χ2n) is 12.3. The topological polar surface area (TPSA) is 17.1 Å². The normalized spacial score (nSPS) is 41.7. The number of rotatable bonds is 8. The molecule has 0 saturated heterocycles. The Labute approximate surface area is 208 Å². The van der Waals surface area contributed by atoms with Gasteiger partial charge in [0.05, 0.1) is 10.8 Å². The number of hydrogen-bond acceptors (Lipinski definition) is 1. The Kier molecular flexibility index (Phi) is 8.30. The number of carbonyl (C=O) groups excluding carboxylic acids is 1. The summed E-state index contributed by atoms with van der Waals surface area (Å²) in [7, 11) is 0. The number of halogens is 2. The largest absolute Gasteiger partial charge is 0.298 e. The van der Waals surface area contributed by atoms with Gasteiger partial charge in [-0.25, -0.2) is 0 Å². The summed E-state index contributed by atoms with van der Waals surface area (Å²) in [6.07, 6.45) is 23.5. The first kappa shape index (κ1) is 25.3. The van der Waals surface area contributed by atoms with Crippen molar-refractivity contribution in [2.45, 2.75) is 140 Å². The van der Waals surface area contributed by atoms with Crippen LogP contribution in [0.25, 0.3) is 0 Å². The second-order valence-corrected chi connectivity index (χ2v) is 13.6. The Balaban J connectivity index is 1.29. The van der Waals surface area contributed by atoms with Crippen LogP contribution < -0.4 is 0 Å². The third kappa shape index (κ3) is 4.34. The lowest BCUT2D eigenvalue weighted by Gasteiger charge is -2.67. The van der Waals surface area contributed by atoms with Crippen molar-refractivity contribution in [2.24, 2.45) is 34.5 Å². The number of carbonyl (C=O) groups is 1. The maximum absolute atomic E-state index is 13.8. The zero-order valence-electron chi connectivity index (χ0n) is 20.9. The van der Waals surface area contributed by atoms with E-state index in [-0.39, 0.29) is 0 Å². The Bertz CT molecular complexity index is 617. The molecule has 2 spiro atoms. The quantitative estimate of drug-likeness (QED) is 0.248. The molecule has 4 aliphatic carbocycles. The molecule has 0 amide bonds. The lowest BCUT2D eigenvalue weighted by atomic mass is 9.42. The van der Waals surface area contributed by atoms with Crippen molar-refractivity contribution in [3.8, 4) is 0 Å². The Morgan fingerprint density at radius 1 is 0.656 bits per heavy atom. The van der Waals surface area contributed by atoms with Gasteiger partial charge in [-0.1, -0.05) is 94.8 Å². The lowest BCUT2D eigenvalue weighted by Crippen LogP contribution is -2.74. The number of unbranched alkanes of at least 4 members (excludes halogenated alkanes) is 3. The van der Waals surface area contributed by atoms with Gasteiger partial charge in [-0.3, -0.25) is 4.79 Å². The van der Waals surface area contributed by atoms with Gasteiger partial charge in [-0.2, -0.15) is 0 Å². The van der Waals surface area contributed by atoms with Crippen molar-refractivity contribution in [3.63, 3.8) is 0 Å². The highest BCUT2D eigenvalue weighted by Crippen LogP contribution is 2.74. The van der Waals surface area contributed by atoms with E-state index in [1.54, 1.807) is 0 Å². The van der Waals surface area contributed by atoms with Crippen LogP contribution in [0.5, 0.6) is 0 Å². The molecule has 4 rings (SSSR count). The molecule has 0 heterocycles. The minimum Gasteiger partial charge on any atom is -0.298 e. The number of Topliss-reactive ketones (excluding diaryl/α,β-unsaturated/α-hetero) is 1. The fraction of sp³-hybridized carbons (Fsp3) is 0.966. The maximum Gasteiger partial charge on any atom is 0.151 e. The van der Waals surface area contributed by atoms with Crippen LogP contribution in [0, 0.1) is 34.5 Å². The van der Waals surface area contributed by atoms with Crippen molar-refractivity contribution in [3.05, 3.63) is 0 Å². The second kappa shape index (κ2) is 10.5. The Hall–Kier alpha value is 0.250. The lowest BCUT2D eigenvalue weighted by molar-refractivity contribution is -0.173. The van der Waals surface area contributed by atoms with Crippen LogP contribution in [0.4, 0.5) is 0 Å². The Morgan fingerprint density at radius 2 is 1.19 bits per heavy atom. The van der Waals surface area contributed by atoms with Crippen molar-refractivity contribution >= 4 is 29.0 Å². The van der Waals surface area contributed by atoms with Crippen molar-refractivity contribution in [1.29, 1.82) is 0 Å². The monoisotopic (exact) mass is 482 g/mol. The van der Waals surface area contributed by atoms with Gasteiger partial charge in [0.2, 0.25) is 0 Å². The van der Waals surface area contributed by atoms with Crippen LogP contribution in [-0.2, 0) is 4.79 Å². The van der Waals surface area contributed by atoms with Crippen molar-refractivity contribution in [1.82, 2.24) is 0 Å². The molecule has 0 aromatic heterocycles. The molecular weight excluding hydrogens is 435 g/mol. The molecule has 4 fully saturated rings. The van der Waals surface area contributed by atoms with E-state index in [1.165, 1.54) is 83.5 Å². The first-order valence-corrected chi connectivity index (χ1v) is 15.1. The third-order valence-electron chi connectivity index (χ3n) is 10.6. The molecule has 1 nitrogen and oxygen atoms in total. The van der Waals surface area contributed by atoms with Gasteiger partial charge in [0.25, 0.3) is 0 Å². The van der Waals surface area contributed by atoms with E-state index in [0.29, 0.717) is 5.78 Å². The van der Waals surface area contributed by atoms with Gasteiger partial charge in [-0.05, 0) is 87.9 Å². The highest BCUT2D eigenvalue weighted by atomic mass is 35.5. The fourth-order valence-electron chi connectivity index (χ4n) is 8.50. The highest BCUT2D eigenvalue weighted by Gasteiger charge is 2.79. The molecule has 4 aliphatic rings. The van der Waals surface area contributed by atoms with Crippen LogP contribution in [0.1, 0.15) is 136 Å². The van der Waals surface area contributed by atoms with Gasteiger partial charge in [-0.15, -0.1) is 0 Å². The Morgan fingerprint density at radius 3 is 1.72 bits per heavy atom. The number of ketones is 1. The molecule has 0 bridgehead atoms. The summed E-state index contributed by atoms with van der Waals surface area (Å²) in [5.74, 6) is 3.90. The van der Waals surface area contributed by atoms with Crippen LogP contribution in [0.3, 0.4) is 0 Å². The third-order valence-corrected chi connectivity index (χ3v) is 12.1. The van der Waals surface area contributed by atoms with E-state index < -0.39 is 15.2 Å². The summed E-state index contributed by atoms with van der Waals surface area (Å²) < 4.78 is -0.825. The zero-order valence-corrected chi connectivity index (χ0v) is 22.4. The van der Waals surface area contributed by atoms with E-state index >= 15 is 0 Å². The molecule has 0 atom stereocenters. The van der Waals surface area contributed by atoms with Crippen LogP contribution >= 0.6 is 23.2 Å². The summed E-state index contributed by atoms with van der Waals surface area (Å²) in [4.78, 5) is 13.8. The van der Waals surface area contributed by atoms with Gasteiger partial charge in [0, 0.05) is 0 Å². The number of alkyl halides is 2. The zero-order chi connectivity index (χ0) is 22.8. The molecule has 4 saturated carbocycles. The smallest absolute Gasteiger partial charge is 0.151 e. The maximum atomic E-state index is 13.8. The SMILES string of the molecule is CCCCCCC1CC[C@]2(CC1)C(=O)[C@@]1(CC[C@@H](C3CCC(CCC)CC3)CC1)C2(Cl)Cl. The minimum absolute atomic E-state index is 0.429. The van der Waals surface area contributed by atoms with Crippen molar-refractivity contribution < 1.29 is 4.79 Å². The van der Waals surface area contributed by atoms with E-state index in [1.807, 2.05) is 0 Å². The average molecular weight is 484 g/mol. The molecule has 0 N–H and O–H groups in total. The fourth-order valence-corrected chi connectivity index (χ4v) is 9.60. The molecule has 0 aromatic rings. The van der Waals surface area contributed by atoms with E-state index in [9.17, 15) is 4.79 Å². The van der Waals surface area contributed by atoms with E-state index in [0.717, 1.165) is 62.2 Å². The molecule has 0 aliphatic heterocycles. The van der Waals surface area contributed by atoms with Crippen LogP contribution in [0.2, 0.25) is 0 Å². The molecule has 184 valence electrons. The first-order valence-electron chi connectivity index (χ1n) is 14.3. The molecule has 0 aromatic carbocycles. The number of hydrogen-bond donors (Lipinski definition) is 0. The van der Waals surface area contributed by atoms with Gasteiger partial charge in [0.1, 0.15) is 4.33 Å². The summed E-state index contributed by atoms with van der Waals surface area (Å²) >= 11 is 14.4. The van der Waals surface area contributed by atoms with Gasteiger partial charge < -0.3 is 0 Å². The molecule has 0 radical (unpaired) electrons. The minimum atomic E-state index is -0.825. The van der Waals surface area contributed by atoms with E-state index in [4.69, 9.17) is 23.2 Å².